The van der Waals surface area contributed by atoms with E-state index in [1.54, 1.807) is 6.08 Å². The predicted octanol–water partition coefficient (Wildman–Crippen LogP) is 15.5. The van der Waals surface area contributed by atoms with Gasteiger partial charge in [-0.05, 0) is 83.5 Å². The van der Waals surface area contributed by atoms with Gasteiger partial charge in [0.1, 0.15) is 0 Å². The summed E-state index contributed by atoms with van der Waals surface area (Å²) in [6.07, 6.45) is 61.2. The Morgan fingerprint density at radius 3 is 1.33 bits per heavy atom. The van der Waals surface area contributed by atoms with Crippen molar-refractivity contribution in [3.8, 4) is 0 Å². The van der Waals surface area contributed by atoms with Crippen molar-refractivity contribution < 1.29 is 24.5 Å². The van der Waals surface area contributed by atoms with Crippen molar-refractivity contribution in [2.24, 2.45) is 0 Å². The van der Waals surface area contributed by atoms with Crippen LogP contribution in [0.1, 0.15) is 258 Å². The van der Waals surface area contributed by atoms with E-state index in [0.29, 0.717) is 19.4 Å². The Labute approximate surface area is 372 Å². The first-order chi connectivity index (χ1) is 29.5. The molecule has 2 unspecified atom stereocenters. The molecule has 2 atom stereocenters. The lowest BCUT2D eigenvalue weighted by Gasteiger charge is -2.19. The fourth-order valence-corrected chi connectivity index (χ4v) is 7.55. The van der Waals surface area contributed by atoms with Crippen molar-refractivity contribution in [1.82, 2.24) is 5.32 Å². The summed E-state index contributed by atoms with van der Waals surface area (Å²) in [5.74, 6) is -0.182. The highest BCUT2D eigenvalue weighted by Crippen LogP contribution is 2.15. The molecule has 6 heteroatoms. The largest absolute Gasteiger partial charge is 0.466 e. The number of unbranched alkanes of at least 4 members (excludes halogenated alkanes) is 30. The van der Waals surface area contributed by atoms with E-state index in [1.807, 2.05) is 6.08 Å². The summed E-state index contributed by atoms with van der Waals surface area (Å²) in [7, 11) is 0. The number of carbonyl (C=O) groups excluding carboxylic acids is 2. The zero-order valence-electron chi connectivity index (χ0n) is 39.7. The number of rotatable bonds is 47. The van der Waals surface area contributed by atoms with Crippen molar-refractivity contribution in [1.29, 1.82) is 0 Å². The Morgan fingerprint density at radius 2 is 0.850 bits per heavy atom. The van der Waals surface area contributed by atoms with E-state index >= 15 is 0 Å². The Kier molecular flexibility index (Phi) is 47.7. The van der Waals surface area contributed by atoms with Gasteiger partial charge in [-0.15, -0.1) is 0 Å². The second kappa shape index (κ2) is 49.5. The van der Waals surface area contributed by atoms with E-state index < -0.39 is 12.1 Å². The molecule has 0 aliphatic carbocycles. The third kappa shape index (κ3) is 45.3. The molecule has 0 aliphatic rings. The molecule has 0 rings (SSSR count). The maximum atomic E-state index is 12.4. The highest BCUT2D eigenvalue weighted by Gasteiger charge is 2.17. The number of allylic oxidation sites excluding steroid dienone is 7. The average molecular weight is 842 g/mol. The molecular weight excluding hydrogens is 743 g/mol. The van der Waals surface area contributed by atoms with E-state index in [4.69, 9.17) is 4.74 Å². The van der Waals surface area contributed by atoms with E-state index in [9.17, 15) is 19.8 Å². The van der Waals surface area contributed by atoms with Crippen molar-refractivity contribution >= 4 is 11.9 Å². The second-order valence-electron chi connectivity index (χ2n) is 17.5. The van der Waals surface area contributed by atoms with Gasteiger partial charge in [-0.2, -0.15) is 0 Å². The minimum absolute atomic E-state index is 0.0521. The molecule has 0 aromatic carbocycles. The molecule has 350 valence electrons. The van der Waals surface area contributed by atoms with Crippen molar-refractivity contribution in [3.63, 3.8) is 0 Å². The molecule has 0 aliphatic heterocycles. The van der Waals surface area contributed by atoms with Gasteiger partial charge >= 0.3 is 5.97 Å². The van der Waals surface area contributed by atoms with Crippen molar-refractivity contribution in [2.45, 2.75) is 270 Å². The monoisotopic (exact) mass is 842 g/mol. The molecule has 0 fully saturated rings. The van der Waals surface area contributed by atoms with Gasteiger partial charge in [0.15, 0.2) is 0 Å². The fourth-order valence-electron chi connectivity index (χ4n) is 7.55. The zero-order valence-corrected chi connectivity index (χ0v) is 39.7. The summed E-state index contributed by atoms with van der Waals surface area (Å²) in [4.78, 5) is 24.5. The number of nitrogens with one attached hydrogen (secondary N) is 1. The number of hydrogen-bond acceptors (Lipinski definition) is 5. The van der Waals surface area contributed by atoms with Crippen LogP contribution < -0.4 is 5.32 Å². The molecule has 60 heavy (non-hydrogen) atoms. The molecule has 6 nitrogen and oxygen atoms in total. The summed E-state index contributed by atoms with van der Waals surface area (Å²) in [5.41, 5.74) is 0. The lowest BCUT2D eigenvalue weighted by Crippen LogP contribution is -2.45. The van der Waals surface area contributed by atoms with Crippen LogP contribution in [0.15, 0.2) is 48.6 Å². The van der Waals surface area contributed by atoms with E-state index in [-0.39, 0.29) is 18.5 Å². The lowest BCUT2D eigenvalue weighted by molar-refractivity contribution is -0.143. The minimum atomic E-state index is -0.877. The quantitative estimate of drug-likeness (QED) is 0.0322. The van der Waals surface area contributed by atoms with Gasteiger partial charge < -0.3 is 20.3 Å². The SMILES string of the molecule is CCCCCC/C=C\C/C=C\CCCCCCCC(=O)OCCCCCC/C=C\CCCC(=O)NC(CO)C(O)/C=C/CCCCCCCCCCCCCCCCCC. The molecule has 0 saturated heterocycles. The molecule has 0 radical (unpaired) electrons. The molecule has 0 bridgehead atoms. The Hall–Kier alpha value is -2.18. The van der Waals surface area contributed by atoms with E-state index in [0.717, 1.165) is 83.5 Å². The molecule has 0 heterocycles. The maximum Gasteiger partial charge on any atom is 0.305 e. The highest BCUT2D eigenvalue weighted by molar-refractivity contribution is 5.76. The molecular formula is C54H99NO5. The molecule has 3 N–H and O–H groups in total. The normalized spacial score (nSPS) is 13.1. The van der Waals surface area contributed by atoms with Crippen LogP contribution in [0.5, 0.6) is 0 Å². The van der Waals surface area contributed by atoms with Crippen LogP contribution in [0.2, 0.25) is 0 Å². The van der Waals surface area contributed by atoms with E-state index in [2.05, 4.69) is 55.6 Å². The molecule has 1 amide bonds. The van der Waals surface area contributed by atoms with Gasteiger partial charge in [-0.3, -0.25) is 9.59 Å². The first-order valence-electron chi connectivity index (χ1n) is 25.9. The first-order valence-corrected chi connectivity index (χ1v) is 25.9. The number of aliphatic hydroxyl groups is 2. The summed E-state index contributed by atoms with van der Waals surface area (Å²) in [6.45, 7) is 4.78. The van der Waals surface area contributed by atoms with Crippen LogP contribution >= 0.6 is 0 Å². The number of amides is 1. The van der Waals surface area contributed by atoms with Crippen molar-refractivity contribution in [3.05, 3.63) is 48.6 Å². The zero-order chi connectivity index (χ0) is 43.7. The predicted molar refractivity (Wildman–Crippen MR) is 259 cm³/mol. The summed E-state index contributed by atoms with van der Waals surface area (Å²) in [5, 5.41) is 23.0. The standard InChI is InChI=1S/C54H99NO5/c1-3-5-7-9-11-13-15-17-19-21-22-23-25-27-30-34-38-42-46-52(57)51(50-56)55-53(58)47-43-39-35-31-29-33-37-41-45-49-60-54(59)48-44-40-36-32-28-26-24-20-18-16-14-12-10-8-6-4-2/h14,16,20,24,31,35,42,46,51-52,56-57H,3-13,15,17-19,21-23,25-30,32-34,36-41,43-45,47-50H2,1-2H3,(H,55,58)/b16-14-,24-20-,35-31-,46-42+. The van der Waals surface area contributed by atoms with Gasteiger partial charge in [-0.1, -0.05) is 210 Å². The minimum Gasteiger partial charge on any atom is -0.466 e. The number of aliphatic hydroxyl groups excluding tert-OH is 2. The summed E-state index contributed by atoms with van der Waals surface area (Å²) >= 11 is 0. The Bertz CT molecular complexity index is 1020. The van der Waals surface area contributed by atoms with Gasteiger partial charge in [0.25, 0.3) is 0 Å². The number of hydrogen-bond donors (Lipinski definition) is 3. The Balaban J connectivity index is 3.60. The first kappa shape index (κ1) is 57.8. The molecule has 0 saturated carbocycles. The van der Waals surface area contributed by atoms with Crippen LogP contribution in [0.3, 0.4) is 0 Å². The van der Waals surface area contributed by atoms with Crippen LogP contribution in [0, 0.1) is 0 Å². The third-order valence-corrected chi connectivity index (χ3v) is 11.6. The fraction of sp³-hybridized carbons (Fsp3) is 0.815. The summed E-state index contributed by atoms with van der Waals surface area (Å²) in [6, 6.07) is -0.668. The number of esters is 1. The van der Waals surface area contributed by atoms with Crippen LogP contribution in [0.4, 0.5) is 0 Å². The topological polar surface area (TPSA) is 95.9 Å². The second-order valence-corrected chi connectivity index (χ2v) is 17.5. The number of carbonyl (C=O) groups is 2. The van der Waals surface area contributed by atoms with Crippen LogP contribution in [0.25, 0.3) is 0 Å². The van der Waals surface area contributed by atoms with Gasteiger partial charge in [0.05, 0.1) is 25.4 Å². The molecule has 0 spiro atoms. The smallest absolute Gasteiger partial charge is 0.305 e. The van der Waals surface area contributed by atoms with Gasteiger partial charge in [-0.25, -0.2) is 0 Å². The van der Waals surface area contributed by atoms with Crippen molar-refractivity contribution in [2.75, 3.05) is 13.2 Å². The highest BCUT2D eigenvalue weighted by atomic mass is 16.5. The lowest BCUT2D eigenvalue weighted by atomic mass is 10.0. The maximum absolute atomic E-state index is 12.4. The molecule has 0 aromatic heterocycles. The van der Waals surface area contributed by atoms with Crippen LogP contribution in [-0.4, -0.2) is 47.4 Å². The van der Waals surface area contributed by atoms with Crippen LogP contribution in [-0.2, 0) is 14.3 Å². The van der Waals surface area contributed by atoms with E-state index in [1.165, 1.54) is 148 Å². The van der Waals surface area contributed by atoms with Gasteiger partial charge in [0, 0.05) is 12.8 Å². The van der Waals surface area contributed by atoms with Gasteiger partial charge in [0.2, 0.25) is 5.91 Å². The summed E-state index contributed by atoms with van der Waals surface area (Å²) < 4.78 is 5.43. The average Bonchev–Trinajstić information content (AvgIpc) is 3.25. The third-order valence-electron chi connectivity index (χ3n) is 11.6. The number of ether oxygens (including phenoxy) is 1. The Morgan fingerprint density at radius 1 is 0.467 bits per heavy atom. The molecule has 0 aromatic rings.